The lowest BCUT2D eigenvalue weighted by Gasteiger charge is -2.11. The summed E-state index contributed by atoms with van der Waals surface area (Å²) < 4.78 is 13.5. The number of fused-ring (bicyclic) bond motifs is 2. The van der Waals surface area contributed by atoms with E-state index in [0.717, 1.165) is 44.8 Å². The molecule has 5 rings (SSSR count). The maximum absolute atomic E-state index is 12.9. The second kappa shape index (κ2) is 8.27. The van der Waals surface area contributed by atoms with Crippen LogP contribution in [0.15, 0.2) is 79.0 Å². The molecule has 0 atom stereocenters. The third-order valence-electron chi connectivity index (χ3n) is 5.87. The number of rotatable bonds is 6. The summed E-state index contributed by atoms with van der Waals surface area (Å²) >= 11 is 0. The molecule has 1 aliphatic heterocycles. The van der Waals surface area contributed by atoms with Crippen molar-refractivity contribution in [3.63, 3.8) is 0 Å². The van der Waals surface area contributed by atoms with Gasteiger partial charge in [-0.25, -0.2) is 0 Å². The smallest absolute Gasteiger partial charge is 0.258 e. The van der Waals surface area contributed by atoms with Crippen LogP contribution in [0.1, 0.15) is 11.1 Å². The number of hydrogen-bond acceptors (Lipinski definition) is 3. The van der Waals surface area contributed by atoms with Crippen molar-refractivity contribution in [3.05, 3.63) is 90.1 Å². The van der Waals surface area contributed by atoms with E-state index in [1.807, 2.05) is 73.8 Å². The molecule has 32 heavy (non-hydrogen) atoms. The molecule has 0 unspecified atom stereocenters. The molecular weight excluding hydrogens is 400 g/mol. The lowest BCUT2D eigenvalue weighted by atomic mass is 10.0. The molecule has 0 fully saturated rings. The minimum absolute atomic E-state index is 0.0162. The van der Waals surface area contributed by atoms with Gasteiger partial charge in [-0.3, -0.25) is 4.79 Å². The van der Waals surface area contributed by atoms with Crippen LogP contribution < -0.4 is 14.4 Å². The summed E-state index contributed by atoms with van der Waals surface area (Å²) in [5, 5.41) is 1.11. The number of ether oxygens (including phenoxy) is 2. The van der Waals surface area contributed by atoms with E-state index >= 15 is 0 Å². The van der Waals surface area contributed by atoms with E-state index in [1.165, 1.54) is 0 Å². The molecule has 0 radical (unpaired) electrons. The minimum atomic E-state index is 0.0162. The van der Waals surface area contributed by atoms with Gasteiger partial charge in [0, 0.05) is 40.8 Å². The molecule has 5 nitrogen and oxygen atoms in total. The molecule has 0 N–H and O–H groups in total. The molecule has 3 aromatic carbocycles. The summed E-state index contributed by atoms with van der Waals surface area (Å²) in [7, 11) is 3.46. The van der Waals surface area contributed by atoms with Crippen molar-refractivity contribution in [1.82, 2.24) is 4.57 Å². The number of carbonyl (C=O) groups is 1. The molecule has 160 valence electrons. The number of nitrogens with zero attached hydrogens (tertiary/aromatic N) is 2. The quantitative estimate of drug-likeness (QED) is 0.397. The lowest BCUT2D eigenvalue weighted by Crippen LogP contribution is -2.20. The van der Waals surface area contributed by atoms with E-state index in [0.29, 0.717) is 13.2 Å². The van der Waals surface area contributed by atoms with Gasteiger partial charge in [-0.05, 0) is 30.3 Å². The Balaban J connectivity index is 1.46. The third-order valence-corrected chi connectivity index (χ3v) is 5.87. The van der Waals surface area contributed by atoms with Crippen LogP contribution in [-0.2, 0) is 11.3 Å². The fourth-order valence-corrected chi connectivity index (χ4v) is 4.26. The third kappa shape index (κ3) is 3.42. The fraction of sp³-hybridized carbons (Fsp3) is 0.148. The van der Waals surface area contributed by atoms with E-state index in [1.54, 1.807) is 12.0 Å². The molecule has 0 bridgehead atoms. The van der Waals surface area contributed by atoms with Crippen LogP contribution in [-0.4, -0.2) is 31.2 Å². The Morgan fingerprint density at radius 1 is 0.906 bits per heavy atom. The predicted molar refractivity (Wildman–Crippen MR) is 128 cm³/mol. The second-order valence-electron chi connectivity index (χ2n) is 7.73. The Morgan fingerprint density at radius 3 is 2.47 bits per heavy atom. The molecule has 1 aromatic heterocycles. The summed E-state index contributed by atoms with van der Waals surface area (Å²) in [6.45, 7) is 1.17. The van der Waals surface area contributed by atoms with E-state index in [2.05, 4.69) is 22.9 Å². The highest BCUT2D eigenvalue weighted by Crippen LogP contribution is 2.37. The number of likely N-dealkylation sites (N-methyl/N-ethyl adjacent to an activating group) is 1. The molecule has 0 aliphatic carbocycles. The number of methoxy groups -OCH3 is 1. The number of hydrogen-bond donors (Lipinski definition) is 0. The van der Waals surface area contributed by atoms with Crippen LogP contribution in [0.3, 0.4) is 0 Å². The van der Waals surface area contributed by atoms with Gasteiger partial charge < -0.3 is 18.9 Å². The van der Waals surface area contributed by atoms with Gasteiger partial charge >= 0.3 is 0 Å². The summed E-state index contributed by atoms with van der Waals surface area (Å²) in [6, 6.07) is 23.8. The first-order chi connectivity index (χ1) is 15.7. The molecule has 0 saturated heterocycles. The predicted octanol–water partition coefficient (Wildman–Crippen LogP) is 5.25. The number of amides is 1. The molecule has 2 heterocycles. The zero-order chi connectivity index (χ0) is 22.1. The zero-order valence-electron chi connectivity index (χ0n) is 18.1. The summed E-state index contributed by atoms with van der Waals surface area (Å²) in [4.78, 5) is 14.6. The van der Waals surface area contributed by atoms with Gasteiger partial charge in [0.15, 0.2) is 11.5 Å². The van der Waals surface area contributed by atoms with E-state index < -0.39 is 0 Å². The minimum Gasteiger partial charge on any atom is -0.493 e. The average molecular weight is 425 g/mol. The van der Waals surface area contributed by atoms with Crippen LogP contribution >= 0.6 is 0 Å². The van der Waals surface area contributed by atoms with Crippen LogP contribution in [0, 0.1) is 0 Å². The Labute approximate surface area is 187 Å². The molecule has 1 amide bonds. The summed E-state index contributed by atoms with van der Waals surface area (Å²) in [5.41, 5.74) is 4.76. The maximum Gasteiger partial charge on any atom is 0.258 e. The lowest BCUT2D eigenvalue weighted by molar-refractivity contribution is -0.112. The van der Waals surface area contributed by atoms with Crippen molar-refractivity contribution < 1.29 is 14.3 Å². The van der Waals surface area contributed by atoms with Crippen molar-refractivity contribution in [1.29, 1.82) is 0 Å². The van der Waals surface area contributed by atoms with Crippen molar-refractivity contribution in [2.45, 2.75) is 6.54 Å². The first-order valence-corrected chi connectivity index (χ1v) is 10.6. The standard InChI is InChI=1S/C27H24N2O3/c1-28-23-11-5-4-10-21(23)22(27(28)30)17-19-18-29(24-12-6-3-9-20(19)24)15-16-32-26-14-8-7-13-25(26)31-2/h3-14,17-18H,15-16H2,1-2H3/b22-17+. The van der Waals surface area contributed by atoms with Crippen LogP contribution in [0.5, 0.6) is 11.5 Å². The van der Waals surface area contributed by atoms with Gasteiger partial charge in [0.1, 0.15) is 6.61 Å². The number of benzene rings is 3. The molecule has 4 aromatic rings. The van der Waals surface area contributed by atoms with Crippen LogP contribution in [0.4, 0.5) is 5.69 Å². The normalized spacial score (nSPS) is 14.2. The summed E-state index contributed by atoms with van der Waals surface area (Å²) in [5.74, 6) is 1.46. The highest BCUT2D eigenvalue weighted by atomic mass is 16.5. The summed E-state index contributed by atoms with van der Waals surface area (Å²) in [6.07, 6.45) is 4.10. The van der Waals surface area contributed by atoms with Gasteiger partial charge in [-0.15, -0.1) is 0 Å². The highest BCUT2D eigenvalue weighted by Gasteiger charge is 2.29. The average Bonchev–Trinajstić information content (AvgIpc) is 3.30. The van der Waals surface area contributed by atoms with Crippen molar-refractivity contribution in [3.8, 4) is 11.5 Å². The first kappa shape index (κ1) is 19.9. The molecule has 1 aliphatic rings. The van der Waals surface area contributed by atoms with E-state index in [-0.39, 0.29) is 5.91 Å². The van der Waals surface area contributed by atoms with Crippen LogP contribution in [0.2, 0.25) is 0 Å². The first-order valence-electron chi connectivity index (χ1n) is 10.6. The molecule has 5 heteroatoms. The molecule has 0 spiro atoms. The van der Waals surface area contributed by atoms with Crippen molar-refractivity contribution >= 4 is 34.1 Å². The Hall–Kier alpha value is -3.99. The number of para-hydroxylation sites is 4. The van der Waals surface area contributed by atoms with E-state index in [4.69, 9.17) is 9.47 Å². The monoisotopic (exact) mass is 424 g/mol. The SMILES string of the molecule is COc1ccccc1OCCn1cc(/C=C2/C(=O)N(C)c3ccccc32)c2ccccc21. The van der Waals surface area contributed by atoms with E-state index in [9.17, 15) is 4.79 Å². The Bertz CT molecular complexity index is 1340. The van der Waals surface area contributed by atoms with Crippen LogP contribution in [0.25, 0.3) is 22.6 Å². The number of aromatic nitrogens is 1. The molecular formula is C27H24N2O3. The van der Waals surface area contributed by atoms with Crippen molar-refractivity contribution in [2.24, 2.45) is 0 Å². The van der Waals surface area contributed by atoms with Gasteiger partial charge in [-0.1, -0.05) is 48.5 Å². The molecule has 0 saturated carbocycles. The van der Waals surface area contributed by atoms with Crippen molar-refractivity contribution in [2.75, 3.05) is 25.7 Å². The largest absolute Gasteiger partial charge is 0.493 e. The van der Waals surface area contributed by atoms with Gasteiger partial charge in [0.05, 0.1) is 19.3 Å². The second-order valence-corrected chi connectivity index (χ2v) is 7.73. The fourth-order valence-electron chi connectivity index (χ4n) is 4.26. The maximum atomic E-state index is 12.9. The van der Waals surface area contributed by atoms with Gasteiger partial charge in [0.25, 0.3) is 5.91 Å². The van der Waals surface area contributed by atoms with Gasteiger partial charge in [-0.2, -0.15) is 0 Å². The zero-order valence-corrected chi connectivity index (χ0v) is 18.1. The number of carbonyl (C=O) groups excluding carboxylic acids is 1. The Morgan fingerprint density at radius 2 is 1.62 bits per heavy atom. The Kier molecular flexibility index (Phi) is 5.15. The number of anilines is 1. The highest BCUT2D eigenvalue weighted by molar-refractivity contribution is 6.36. The van der Waals surface area contributed by atoms with Gasteiger partial charge in [0.2, 0.25) is 0 Å². The topological polar surface area (TPSA) is 43.7 Å².